The Bertz CT molecular complexity index is 645. The first kappa shape index (κ1) is 13.9. The second-order valence-corrected chi connectivity index (χ2v) is 5.01. The number of benzene rings is 2. The van der Waals surface area contributed by atoms with Crippen LogP contribution < -0.4 is 5.32 Å². The van der Waals surface area contributed by atoms with E-state index in [1.54, 1.807) is 24.3 Å². The van der Waals surface area contributed by atoms with Gasteiger partial charge in [-0.25, -0.2) is 4.39 Å². The van der Waals surface area contributed by atoms with Gasteiger partial charge in [0.05, 0.1) is 5.02 Å². The van der Waals surface area contributed by atoms with Crippen molar-refractivity contribution in [2.75, 3.05) is 5.32 Å². The Kier molecular flexibility index (Phi) is 4.12. The molecule has 5 heteroatoms. The Morgan fingerprint density at radius 3 is 2.68 bits per heavy atom. The second-order valence-electron chi connectivity index (χ2n) is 4.08. The van der Waals surface area contributed by atoms with Crippen LogP contribution in [0.2, 0.25) is 5.02 Å². The van der Waals surface area contributed by atoms with Crippen LogP contribution in [0.3, 0.4) is 0 Å². The molecule has 1 amide bonds. The van der Waals surface area contributed by atoms with E-state index in [-0.39, 0.29) is 10.9 Å². The fourth-order valence-corrected chi connectivity index (χ4v) is 1.95. The van der Waals surface area contributed by atoms with Crippen molar-refractivity contribution in [1.29, 1.82) is 0 Å². The molecule has 0 unspecified atom stereocenters. The van der Waals surface area contributed by atoms with Crippen LogP contribution in [-0.2, 0) is 0 Å². The van der Waals surface area contributed by atoms with Crippen LogP contribution in [0.5, 0.6) is 0 Å². The van der Waals surface area contributed by atoms with Gasteiger partial charge in [0.25, 0.3) is 5.91 Å². The number of rotatable bonds is 2. The lowest BCUT2D eigenvalue weighted by molar-refractivity contribution is 0.102. The molecule has 0 heterocycles. The lowest BCUT2D eigenvalue weighted by atomic mass is 10.1. The number of aryl methyl sites for hydroxylation is 1. The van der Waals surface area contributed by atoms with Crippen molar-refractivity contribution in [2.45, 2.75) is 11.8 Å². The molecular weight excluding hydrogens is 285 g/mol. The number of halogens is 2. The summed E-state index contributed by atoms with van der Waals surface area (Å²) in [6.45, 7) is 1.82. The van der Waals surface area contributed by atoms with E-state index in [9.17, 15) is 9.18 Å². The predicted octanol–water partition coefficient (Wildman–Crippen LogP) is 4.33. The van der Waals surface area contributed by atoms with Crippen molar-refractivity contribution < 1.29 is 9.18 Å². The predicted molar refractivity (Wildman–Crippen MR) is 77.8 cm³/mol. The summed E-state index contributed by atoms with van der Waals surface area (Å²) in [6.07, 6.45) is 0. The summed E-state index contributed by atoms with van der Waals surface area (Å²) >= 11 is 9.78. The number of amides is 1. The zero-order valence-corrected chi connectivity index (χ0v) is 11.7. The van der Waals surface area contributed by atoms with E-state index in [0.29, 0.717) is 16.1 Å². The molecule has 98 valence electrons. The number of anilines is 1. The van der Waals surface area contributed by atoms with Crippen molar-refractivity contribution in [3.8, 4) is 0 Å². The van der Waals surface area contributed by atoms with Gasteiger partial charge in [-0.3, -0.25) is 4.79 Å². The molecular formula is C14H11ClFNOS. The molecule has 0 radical (unpaired) electrons. The summed E-state index contributed by atoms with van der Waals surface area (Å²) in [4.78, 5) is 12.8. The zero-order valence-electron chi connectivity index (χ0n) is 10.1. The molecule has 2 aromatic rings. The van der Waals surface area contributed by atoms with Crippen molar-refractivity contribution in [3.05, 3.63) is 58.4 Å². The van der Waals surface area contributed by atoms with Gasteiger partial charge in [-0.05, 0) is 42.8 Å². The van der Waals surface area contributed by atoms with Gasteiger partial charge in [-0.1, -0.05) is 17.7 Å². The van der Waals surface area contributed by atoms with Gasteiger partial charge in [-0.15, -0.1) is 12.6 Å². The molecule has 0 fully saturated rings. The van der Waals surface area contributed by atoms with Crippen LogP contribution in [-0.4, -0.2) is 5.91 Å². The Balaban J connectivity index is 2.25. The highest BCUT2D eigenvalue weighted by molar-refractivity contribution is 7.80. The van der Waals surface area contributed by atoms with Crippen molar-refractivity contribution in [3.63, 3.8) is 0 Å². The first-order valence-electron chi connectivity index (χ1n) is 5.53. The number of hydrogen-bond acceptors (Lipinski definition) is 2. The van der Waals surface area contributed by atoms with Crippen LogP contribution >= 0.6 is 24.2 Å². The summed E-state index contributed by atoms with van der Waals surface area (Å²) in [5, 5.41) is 2.64. The standard InChI is InChI=1S/C14H11ClFNOS/c1-8-2-4-10(19)7-11(8)14(18)17-9-3-5-12(15)13(16)6-9/h2-7,19H,1H3,(H,17,18). The maximum atomic E-state index is 13.3. The third kappa shape index (κ3) is 3.28. The summed E-state index contributed by atoms with van der Waals surface area (Å²) in [5.41, 5.74) is 1.68. The van der Waals surface area contributed by atoms with E-state index < -0.39 is 5.82 Å². The molecule has 2 aromatic carbocycles. The maximum Gasteiger partial charge on any atom is 0.255 e. The summed E-state index contributed by atoms with van der Waals surface area (Å²) < 4.78 is 13.3. The number of carbonyl (C=O) groups is 1. The summed E-state index contributed by atoms with van der Waals surface area (Å²) in [6, 6.07) is 9.40. The Morgan fingerprint density at radius 2 is 2.00 bits per heavy atom. The monoisotopic (exact) mass is 295 g/mol. The SMILES string of the molecule is Cc1ccc(S)cc1C(=O)Nc1ccc(Cl)c(F)c1. The van der Waals surface area contributed by atoms with Crippen LogP contribution in [0.15, 0.2) is 41.3 Å². The largest absolute Gasteiger partial charge is 0.322 e. The van der Waals surface area contributed by atoms with Gasteiger partial charge in [-0.2, -0.15) is 0 Å². The lowest BCUT2D eigenvalue weighted by Gasteiger charge is -2.08. The third-order valence-electron chi connectivity index (χ3n) is 2.64. The Hall–Kier alpha value is -1.52. The van der Waals surface area contributed by atoms with Gasteiger partial charge >= 0.3 is 0 Å². The summed E-state index contributed by atoms with van der Waals surface area (Å²) in [7, 11) is 0. The van der Waals surface area contributed by atoms with Crippen LogP contribution in [0, 0.1) is 12.7 Å². The average molecular weight is 296 g/mol. The third-order valence-corrected chi connectivity index (χ3v) is 3.23. The van der Waals surface area contributed by atoms with Crippen LogP contribution in [0.25, 0.3) is 0 Å². The zero-order chi connectivity index (χ0) is 14.0. The quantitative estimate of drug-likeness (QED) is 0.793. The molecule has 0 aromatic heterocycles. The van der Waals surface area contributed by atoms with Crippen LogP contribution in [0.4, 0.5) is 10.1 Å². The molecule has 0 spiro atoms. The van der Waals surface area contributed by atoms with Crippen LogP contribution in [0.1, 0.15) is 15.9 Å². The molecule has 2 nitrogen and oxygen atoms in total. The van der Waals surface area contributed by atoms with Gasteiger partial charge in [0.1, 0.15) is 5.82 Å². The van der Waals surface area contributed by atoms with E-state index in [0.717, 1.165) is 5.56 Å². The summed E-state index contributed by atoms with van der Waals surface area (Å²) in [5.74, 6) is -0.880. The first-order valence-corrected chi connectivity index (χ1v) is 6.36. The molecule has 0 saturated carbocycles. The Labute approximate surface area is 121 Å². The van der Waals surface area contributed by atoms with E-state index in [1.807, 2.05) is 6.92 Å². The van der Waals surface area contributed by atoms with Crippen molar-refractivity contribution >= 4 is 35.8 Å². The van der Waals surface area contributed by atoms with Gasteiger partial charge < -0.3 is 5.32 Å². The number of hydrogen-bond donors (Lipinski definition) is 2. The van der Waals surface area contributed by atoms with Gasteiger partial charge in [0, 0.05) is 16.1 Å². The molecule has 2 rings (SSSR count). The van der Waals surface area contributed by atoms with E-state index in [2.05, 4.69) is 17.9 Å². The van der Waals surface area contributed by atoms with Crippen molar-refractivity contribution in [1.82, 2.24) is 0 Å². The smallest absolute Gasteiger partial charge is 0.255 e. The lowest BCUT2D eigenvalue weighted by Crippen LogP contribution is -2.13. The molecule has 0 saturated heterocycles. The molecule has 0 atom stereocenters. The highest BCUT2D eigenvalue weighted by Gasteiger charge is 2.10. The minimum Gasteiger partial charge on any atom is -0.322 e. The van der Waals surface area contributed by atoms with E-state index in [1.165, 1.54) is 12.1 Å². The Morgan fingerprint density at radius 1 is 1.26 bits per heavy atom. The maximum absolute atomic E-state index is 13.3. The van der Waals surface area contributed by atoms with Crippen molar-refractivity contribution in [2.24, 2.45) is 0 Å². The average Bonchev–Trinajstić information content (AvgIpc) is 2.36. The highest BCUT2D eigenvalue weighted by Crippen LogP contribution is 2.20. The molecule has 19 heavy (non-hydrogen) atoms. The molecule has 0 aliphatic rings. The molecule has 0 aliphatic carbocycles. The number of thiol groups is 1. The second kappa shape index (κ2) is 5.63. The van der Waals surface area contributed by atoms with E-state index in [4.69, 9.17) is 11.6 Å². The molecule has 0 aliphatic heterocycles. The number of nitrogens with one attached hydrogen (secondary N) is 1. The van der Waals surface area contributed by atoms with E-state index >= 15 is 0 Å². The first-order chi connectivity index (χ1) is 8.97. The highest BCUT2D eigenvalue weighted by atomic mass is 35.5. The minimum absolute atomic E-state index is 0.0199. The normalized spacial score (nSPS) is 10.3. The van der Waals surface area contributed by atoms with Gasteiger partial charge in [0.15, 0.2) is 0 Å². The van der Waals surface area contributed by atoms with Gasteiger partial charge in [0.2, 0.25) is 0 Å². The fourth-order valence-electron chi connectivity index (χ4n) is 1.63. The topological polar surface area (TPSA) is 29.1 Å². The molecule has 0 bridgehead atoms. The molecule has 1 N–H and O–H groups in total. The minimum atomic E-state index is -0.570. The fraction of sp³-hybridized carbons (Fsp3) is 0.0714. The number of carbonyl (C=O) groups excluding carboxylic acids is 1.